The topological polar surface area (TPSA) is 59.1 Å². The third-order valence-electron chi connectivity index (χ3n) is 5.06. The molecule has 0 aliphatic carbocycles. The second kappa shape index (κ2) is 8.78. The number of para-hydroxylation sites is 1. The molecule has 0 unspecified atom stereocenters. The average molecular weight is 382 g/mol. The zero-order valence-electron chi connectivity index (χ0n) is 16.6. The minimum atomic E-state index is -0.0417. The van der Waals surface area contributed by atoms with Crippen molar-refractivity contribution in [2.75, 3.05) is 38.8 Å². The molecule has 0 saturated carbocycles. The fourth-order valence-corrected chi connectivity index (χ4v) is 3.45. The molecule has 148 valence electrons. The van der Waals surface area contributed by atoms with Crippen LogP contribution in [-0.2, 0) is 16.0 Å². The average Bonchev–Trinajstić information content (AvgIpc) is 2.72. The van der Waals surface area contributed by atoms with E-state index in [2.05, 4.69) is 0 Å². The van der Waals surface area contributed by atoms with Gasteiger partial charge in [-0.25, -0.2) is 0 Å². The Morgan fingerprint density at radius 2 is 1.79 bits per heavy atom. The number of nitrogens with zero attached hydrogens (tertiary/aromatic N) is 2. The third-order valence-corrected chi connectivity index (χ3v) is 5.06. The number of piperazine rings is 1. The van der Waals surface area contributed by atoms with Crippen molar-refractivity contribution in [3.63, 3.8) is 0 Å². The first kappa shape index (κ1) is 19.7. The number of benzene rings is 2. The van der Waals surface area contributed by atoms with Crippen molar-refractivity contribution in [1.82, 2.24) is 4.90 Å². The van der Waals surface area contributed by atoms with Gasteiger partial charge in [-0.15, -0.1) is 0 Å². The van der Waals surface area contributed by atoms with Gasteiger partial charge < -0.3 is 19.3 Å². The summed E-state index contributed by atoms with van der Waals surface area (Å²) in [6, 6.07) is 13.5. The van der Waals surface area contributed by atoms with Crippen molar-refractivity contribution in [3.8, 4) is 11.5 Å². The lowest BCUT2D eigenvalue weighted by Crippen LogP contribution is -2.52. The molecule has 2 aromatic rings. The van der Waals surface area contributed by atoms with E-state index in [0.29, 0.717) is 37.4 Å². The molecule has 2 aromatic carbocycles. The maximum absolute atomic E-state index is 12.6. The van der Waals surface area contributed by atoms with E-state index in [1.165, 1.54) is 0 Å². The van der Waals surface area contributed by atoms with E-state index in [4.69, 9.17) is 9.47 Å². The van der Waals surface area contributed by atoms with Crippen LogP contribution in [0.3, 0.4) is 0 Å². The van der Waals surface area contributed by atoms with Gasteiger partial charge in [-0.3, -0.25) is 9.59 Å². The fourth-order valence-electron chi connectivity index (χ4n) is 3.45. The van der Waals surface area contributed by atoms with E-state index < -0.39 is 0 Å². The molecule has 0 N–H and O–H groups in total. The first-order valence-corrected chi connectivity index (χ1v) is 9.38. The summed E-state index contributed by atoms with van der Waals surface area (Å²) in [5, 5.41) is 0. The SMILES string of the molecule is COc1ccc(CCC(=O)N2CCN(c3ccccc3C)C(=O)C2)cc1OC. The molecule has 0 atom stereocenters. The zero-order valence-corrected chi connectivity index (χ0v) is 16.6. The molecule has 6 heteroatoms. The molecule has 1 fully saturated rings. The summed E-state index contributed by atoms with van der Waals surface area (Å²) >= 11 is 0. The fraction of sp³-hybridized carbons (Fsp3) is 0.364. The van der Waals surface area contributed by atoms with E-state index in [1.54, 1.807) is 24.0 Å². The van der Waals surface area contributed by atoms with Crippen LogP contribution in [0.5, 0.6) is 11.5 Å². The van der Waals surface area contributed by atoms with E-state index >= 15 is 0 Å². The number of rotatable bonds is 6. The highest BCUT2D eigenvalue weighted by molar-refractivity contribution is 5.98. The Balaban J connectivity index is 1.58. The van der Waals surface area contributed by atoms with E-state index in [1.807, 2.05) is 49.4 Å². The highest BCUT2D eigenvalue weighted by Gasteiger charge is 2.28. The lowest BCUT2D eigenvalue weighted by Gasteiger charge is -2.35. The van der Waals surface area contributed by atoms with Gasteiger partial charge in [-0.2, -0.15) is 0 Å². The van der Waals surface area contributed by atoms with Crippen LogP contribution >= 0.6 is 0 Å². The Labute approximate surface area is 165 Å². The second-order valence-electron chi connectivity index (χ2n) is 6.84. The van der Waals surface area contributed by atoms with Crippen LogP contribution in [0.1, 0.15) is 17.5 Å². The van der Waals surface area contributed by atoms with Gasteiger partial charge in [0.2, 0.25) is 11.8 Å². The smallest absolute Gasteiger partial charge is 0.246 e. The predicted octanol–water partition coefficient (Wildman–Crippen LogP) is 2.82. The highest BCUT2D eigenvalue weighted by atomic mass is 16.5. The highest BCUT2D eigenvalue weighted by Crippen LogP contribution is 2.28. The van der Waals surface area contributed by atoms with Crippen molar-refractivity contribution < 1.29 is 19.1 Å². The number of methoxy groups -OCH3 is 2. The molecule has 6 nitrogen and oxygen atoms in total. The Morgan fingerprint density at radius 3 is 2.46 bits per heavy atom. The van der Waals surface area contributed by atoms with Gasteiger partial charge in [0.25, 0.3) is 0 Å². The Bertz CT molecular complexity index is 865. The number of carbonyl (C=O) groups is 2. The molecular formula is C22H26N2O4. The lowest BCUT2D eigenvalue weighted by atomic mass is 10.1. The summed E-state index contributed by atoms with van der Waals surface area (Å²) < 4.78 is 10.5. The van der Waals surface area contributed by atoms with Crippen LogP contribution in [-0.4, -0.2) is 50.6 Å². The first-order chi connectivity index (χ1) is 13.5. The monoisotopic (exact) mass is 382 g/mol. The number of carbonyl (C=O) groups excluding carboxylic acids is 2. The molecule has 28 heavy (non-hydrogen) atoms. The summed E-state index contributed by atoms with van der Waals surface area (Å²) in [5.74, 6) is 1.26. The van der Waals surface area contributed by atoms with Crippen LogP contribution in [0, 0.1) is 6.92 Å². The number of anilines is 1. The van der Waals surface area contributed by atoms with E-state index in [0.717, 1.165) is 16.8 Å². The van der Waals surface area contributed by atoms with Crippen LogP contribution in [0.2, 0.25) is 0 Å². The molecule has 3 rings (SSSR count). The molecule has 1 aliphatic rings. The molecule has 0 aromatic heterocycles. The Kier molecular flexibility index (Phi) is 6.19. The van der Waals surface area contributed by atoms with Crippen molar-refractivity contribution in [3.05, 3.63) is 53.6 Å². The van der Waals surface area contributed by atoms with Crippen molar-refractivity contribution >= 4 is 17.5 Å². The molecule has 1 aliphatic heterocycles. The number of hydrogen-bond acceptors (Lipinski definition) is 4. The minimum absolute atomic E-state index is 0.00688. The van der Waals surface area contributed by atoms with Gasteiger partial charge in [-0.1, -0.05) is 24.3 Å². The van der Waals surface area contributed by atoms with E-state index in [-0.39, 0.29) is 18.4 Å². The molecular weight excluding hydrogens is 356 g/mol. The Hall–Kier alpha value is -3.02. The second-order valence-corrected chi connectivity index (χ2v) is 6.84. The number of amides is 2. The van der Waals surface area contributed by atoms with Gasteiger partial charge >= 0.3 is 0 Å². The lowest BCUT2D eigenvalue weighted by molar-refractivity contribution is -0.136. The number of aryl methyl sites for hydroxylation is 2. The molecule has 0 radical (unpaired) electrons. The minimum Gasteiger partial charge on any atom is -0.493 e. The van der Waals surface area contributed by atoms with Crippen LogP contribution in [0.15, 0.2) is 42.5 Å². The molecule has 0 spiro atoms. The standard InChI is InChI=1S/C22H26N2O4/c1-16-6-4-5-7-18(16)24-13-12-23(15-22(24)26)21(25)11-9-17-8-10-19(27-2)20(14-17)28-3/h4-8,10,14H,9,11-13,15H2,1-3H3. The van der Waals surface area contributed by atoms with E-state index in [9.17, 15) is 9.59 Å². The van der Waals surface area contributed by atoms with Crippen molar-refractivity contribution in [2.45, 2.75) is 19.8 Å². The predicted molar refractivity (Wildman–Crippen MR) is 108 cm³/mol. The number of hydrogen-bond donors (Lipinski definition) is 0. The zero-order chi connectivity index (χ0) is 20.1. The molecule has 2 amide bonds. The summed E-state index contributed by atoms with van der Waals surface area (Å²) in [6.07, 6.45) is 0.943. The quantitative estimate of drug-likeness (QED) is 0.771. The van der Waals surface area contributed by atoms with Crippen LogP contribution < -0.4 is 14.4 Å². The van der Waals surface area contributed by atoms with Gasteiger partial charge in [0.15, 0.2) is 11.5 Å². The third kappa shape index (κ3) is 4.27. The summed E-state index contributed by atoms with van der Waals surface area (Å²) in [6.45, 7) is 3.18. The van der Waals surface area contributed by atoms with Gasteiger partial charge in [0.1, 0.15) is 6.54 Å². The van der Waals surface area contributed by atoms with Crippen LogP contribution in [0.25, 0.3) is 0 Å². The molecule has 0 bridgehead atoms. The van der Waals surface area contributed by atoms with Gasteiger partial charge in [-0.05, 0) is 42.7 Å². The summed E-state index contributed by atoms with van der Waals surface area (Å²) in [7, 11) is 3.18. The maximum atomic E-state index is 12.6. The summed E-state index contributed by atoms with van der Waals surface area (Å²) in [5.41, 5.74) is 2.98. The molecule has 1 heterocycles. The van der Waals surface area contributed by atoms with Gasteiger partial charge in [0, 0.05) is 25.2 Å². The van der Waals surface area contributed by atoms with Gasteiger partial charge in [0.05, 0.1) is 14.2 Å². The summed E-state index contributed by atoms with van der Waals surface area (Å²) in [4.78, 5) is 28.6. The molecule has 1 saturated heterocycles. The maximum Gasteiger partial charge on any atom is 0.246 e. The Morgan fingerprint density at radius 1 is 1.04 bits per heavy atom. The largest absolute Gasteiger partial charge is 0.493 e. The van der Waals surface area contributed by atoms with Crippen LogP contribution in [0.4, 0.5) is 5.69 Å². The number of ether oxygens (including phenoxy) is 2. The normalized spacial score (nSPS) is 14.2. The first-order valence-electron chi connectivity index (χ1n) is 9.38. The van der Waals surface area contributed by atoms with Crippen molar-refractivity contribution in [2.24, 2.45) is 0 Å². The van der Waals surface area contributed by atoms with Crippen molar-refractivity contribution in [1.29, 1.82) is 0 Å².